The van der Waals surface area contributed by atoms with Gasteiger partial charge in [-0.25, -0.2) is 0 Å². The van der Waals surface area contributed by atoms with Crippen molar-refractivity contribution in [3.05, 3.63) is 77.6 Å². The van der Waals surface area contributed by atoms with E-state index < -0.39 is 5.92 Å². The molecule has 0 unspecified atom stereocenters. The normalized spacial score (nSPS) is 15.4. The maximum Gasteiger partial charge on any atom is 0.270 e. The smallest absolute Gasteiger partial charge is 0.270 e. The monoisotopic (exact) mass is 446 g/mol. The molecule has 1 aromatic heterocycles. The van der Waals surface area contributed by atoms with Gasteiger partial charge in [-0.05, 0) is 62.4 Å². The molecular weight excluding hydrogens is 420 g/mol. The van der Waals surface area contributed by atoms with Gasteiger partial charge in [0.2, 0.25) is 11.8 Å². The number of methoxy groups -OCH3 is 1. The summed E-state index contributed by atoms with van der Waals surface area (Å²) in [6.45, 7) is 4.12. The minimum atomic E-state index is -0.466. The number of amides is 3. The van der Waals surface area contributed by atoms with Crippen molar-refractivity contribution in [3.8, 4) is 5.75 Å². The van der Waals surface area contributed by atoms with Gasteiger partial charge in [-0.3, -0.25) is 24.5 Å². The predicted octanol–water partition coefficient (Wildman–Crippen LogP) is 3.49. The highest BCUT2D eigenvalue weighted by Gasteiger charge is 2.35. The molecule has 1 fully saturated rings. The molecule has 0 spiro atoms. The van der Waals surface area contributed by atoms with E-state index >= 15 is 0 Å². The third kappa shape index (κ3) is 4.74. The first-order valence-corrected chi connectivity index (χ1v) is 10.7. The summed E-state index contributed by atoms with van der Waals surface area (Å²) in [5, 5.41) is 2.85. The van der Waals surface area contributed by atoms with Gasteiger partial charge < -0.3 is 15.0 Å². The molecule has 1 atom stereocenters. The largest absolute Gasteiger partial charge is 0.497 e. The zero-order valence-corrected chi connectivity index (χ0v) is 18.8. The number of carbonyl (C=O) groups is 3. The summed E-state index contributed by atoms with van der Waals surface area (Å²) < 4.78 is 6.95. The molecule has 1 aliphatic heterocycles. The van der Waals surface area contributed by atoms with E-state index in [1.165, 1.54) is 0 Å². The number of nitrogens with one attached hydrogen (secondary N) is 2. The number of hydrogen-bond acceptors (Lipinski definition) is 4. The number of aryl methyl sites for hydroxylation is 2. The number of anilines is 2. The van der Waals surface area contributed by atoms with Gasteiger partial charge in [-0.2, -0.15) is 0 Å². The Morgan fingerprint density at radius 3 is 2.36 bits per heavy atom. The van der Waals surface area contributed by atoms with Crippen molar-refractivity contribution in [1.82, 2.24) is 4.68 Å². The van der Waals surface area contributed by atoms with Crippen LogP contribution >= 0.6 is 0 Å². The first-order valence-electron chi connectivity index (χ1n) is 10.7. The fourth-order valence-corrected chi connectivity index (χ4v) is 3.87. The van der Waals surface area contributed by atoms with Gasteiger partial charge >= 0.3 is 0 Å². The maximum atomic E-state index is 12.8. The minimum absolute atomic E-state index is 0.106. The highest BCUT2D eigenvalue weighted by atomic mass is 16.5. The van der Waals surface area contributed by atoms with Crippen LogP contribution in [0.4, 0.5) is 11.4 Å². The quantitative estimate of drug-likeness (QED) is 0.606. The molecule has 0 radical (unpaired) electrons. The molecule has 0 saturated carbocycles. The molecule has 1 aliphatic rings. The highest BCUT2D eigenvalue weighted by Crippen LogP contribution is 2.28. The van der Waals surface area contributed by atoms with Gasteiger partial charge in [0.15, 0.2) is 0 Å². The van der Waals surface area contributed by atoms with Crippen LogP contribution in [0.1, 0.15) is 28.2 Å². The molecule has 2 N–H and O–H groups in total. The van der Waals surface area contributed by atoms with E-state index in [2.05, 4.69) is 10.7 Å². The number of aromatic nitrogens is 1. The average Bonchev–Trinajstić information content (AvgIpc) is 3.36. The molecule has 1 saturated heterocycles. The van der Waals surface area contributed by atoms with Crippen LogP contribution in [0, 0.1) is 19.8 Å². The molecule has 2 aromatic carbocycles. The minimum Gasteiger partial charge on any atom is -0.497 e. The number of carbonyl (C=O) groups excluding carboxylic acids is 3. The number of benzene rings is 2. The SMILES string of the molecule is COc1cccc(N2C[C@H](C(=O)Nc3ccc(C(=O)Nn4c(C)ccc4C)cc3)CC2=O)c1. The van der Waals surface area contributed by atoms with Crippen molar-refractivity contribution in [3.63, 3.8) is 0 Å². The van der Waals surface area contributed by atoms with Crippen molar-refractivity contribution in [2.75, 3.05) is 29.3 Å². The number of rotatable bonds is 6. The van der Waals surface area contributed by atoms with Gasteiger partial charge in [-0.1, -0.05) is 6.07 Å². The highest BCUT2D eigenvalue weighted by molar-refractivity contribution is 6.04. The number of ether oxygens (including phenoxy) is 1. The molecule has 170 valence electrons. The Balaban J connectivity index is 1.37. The van der Waals surface area contributed by atoms with E-state index in [-0.39, 0.29) is 24.1 Å². The average molecular weight is 447 g/mol. The van der Waals surface area contributed by atoms with Crippen LogP contribution in [0.2, 0.25) is 0 Å². The Morgan fingerprint density at radius 1 is 1.00 bits per heavy atom. The Bertz CT molecular complexity index is 1180. The molecule has 8 heteroatoms. The van der Waals surface area contributed by atoms with Crippen LogP contribution in [0.25, 0.3) is 0 Å². The first kappa shape index (κ1) is 22.1. The van der Waals surface area contributed by atoms with Crippen LogP contribution in [0.5, 0.6) is 5.75 Å². The lowest BCUT2D eigenvalue weighted by Crippen LogP contribution is -2.28. The summed E-state index contributed by atoms with van der Waals surface area (Å²) in [4.78, 5) is 39.4. The second-order valence-corrected chi connectivity index (χ2v) is 8.07. The van der Waals surface area contributed by atoms with E-state index in [1.54, 1.807) is 53.1 Å². The van der Waals surface area contributed by atoms with E-state index in [9.17, 15) is 14.4 Å². The molecular formula is C25H26N4O4. The second kappa shape index (κ2) is 9.20. The van der Waals surface area contributed by atoms with Gasteiger partial charge in [0.1, 0.15) is 5.75 Å². The van der Waals surface area contributed by atoms with E-state index in [0.717, 1.165) is 11.4 Å². The first-order chi connectivity index (χ1) is 15.9. The fraction of sp³-hybridized carbons (Fsp3) is 0.240. The van der Waals surface area contributed by atoms with E-state index in [1.807, 2.05) is 38.1 Å². The van der Waals surface area contributed by atoms with Crippen molar-refractivity contribution in [1.29, 1.82) is 0 Å². The van der Waals surface area contributed by atoms with Gasteiger partial charge in [0.25, 0.3) is 5.91 Å². The lowest BCUT2D eigenvalue weighted by molar-refractivity contribution is -0.122. The maximum absolute atomic E-state index is 12.8. The van der Waals surface area contributed by atoms with Gasteiger partial charge in [0.05, 0.1) is 13.0 Å². The summed E-state index contributed by atoms with van der Waals surface area (Å²) in [5.74, 6) is -0.396. The summed E-state index contributed by atoms with van der Waals surface area (Å²) >= 11 is 0. The lowest BCUT2D eigenvalue weighted by atomic mass is 10.1. The molecule has 0 aliphatic carbocycles. The summed E-state index contributed by atoms with van der Waals surface area (Å²) in [6.07, 6.45) is 0.138. The lowest BCUT2D eigenvalue weighted by Gasteiger charge is -2.17. The Hall–Kier alpha value is -4.07. The Kier molecular flexibility index (Phi) is 6.17. The molecule has 8 nitrogen and oxygen atoms in total. The summed E-state index contributed by atoms with van der Waals surface area (Å²) in [7, 11) is 1.57. The third-order valence-electron chi connectivity index (χ3n) is 5.76. The molecule has 3 aromatic rings. The van der Waals surface area contributed by atoms with E-state index in [4.69, 9.17) is 4.74 Å². The van der Waals surface area contributed by atoms with Crippen LogP contribution in [-0.4, -0.2) is 36.1 Å². The van der Waals surface area contributed by atoms with Crippen molar-refractivity contribution in [2.24, 2.45) is 5.92 Å². The van der Waals surface area contributed by atoms with Crippen molar-refractivity contribution >= 4 is 29.1 Å². The molecule has 0 bridgehead atoms. The van der Waals surface area contributed by atoms with Gasteiger partial charge in [-0.15, -0.1) is 0 Å². The molecule has 33 heavy (non-hydrogen) atoms. The van der Waals surface area contributed by atoms with Crippen molar-refractivity contribution in [2.45, 2.75) is 20.3 Å². The van der Waals surface area contributed by atoms with Crippen LogP contribution < -0.4 is 20.4 Å². The third-order valence-corrected chi connectivity index (χ3v) is 5.76. The standard InChI is InChI=1S/C25H26N4O4/c1-16-7-8-17(2)29(16)27-25(32)18-9-11-20(12-10-18)26-24(31)19-13-23(30)28(15-19)21-5-4-6-22(14-21)33-3/h4-12,14,19H,13,15H2,1-3H3,(H,26,31)(H,27,32)/t19-/m1/s1. The molecule has 3 amide bonds. The van der Waals surface area contributed by atoms with Crippen LogP contribution in [-0.2, 0) is 9.59 Å². The van der Waals surface area contributed by atoms with Crippen LogP contribution in [0.3, 0.4) is 0 Å². The predicted molar refractivity (Wildman–Crippen MR) is 126 cm³/mol. The van der Waals surface area contributed by atoms with Crippen LogP contribution in [0.15, 0.2) is 60.7 Å². The Labute approximate surface area is 192 Å². The van der Waals surface area contributed by atoms with E-state index in [0.29, 0.717) is 29.2 Å². The van der Waals surface area contributed by atoms with Gasteiger partial charge in [0, 0.05) is 47.4 Å². The zero-order valence-electron chi connectivity index (χ0n) is 18.8. The summed E-state index contributed by atoms with van der Waals surface area (Å²) in [6, 6.07) is 17.7. The van der Waals surface area contributed by atoms with Crippen molar-refractivity contribution < 1.29 is 19.1 Å². The topological polar surface area (TPSA) is 92.7 Å². The number of hydrogen-bond donors (Lipinski definition) is 2. The Morgan fingerprint density at radius 2 is 1.70 bits per heavy atom. The zero-order chi connectivity index (χ0) is 23.5. The number of nitrogens with zero attached hydrogens (tertiary/aromatic N) is 2. The second-order valence-electron chi connectivity index (χ2n) is 8.07. The molecule has 4 rings (SSSR count). The molecule has 2 heterocycles. The summed E-state index contributed by atoms with van der Waals surface area (Å²) in [5.41, 5.74) is 6.46. The fourth-order valence-electron chi connectivity index (χ4n) is 3.87.